The van der Waals surface area contributed by atoms with Crippen LogP contribution < -0.4 is 4.74 Å². The van der Waals surface area contributed by atoms with Gasteiger partial charge in [-0.3, -0.25) is 9.69 Å². The van der Waals surface area contributed by atoms with E-state index < -0.39 is 0 Å². The van der Waals surface area contributed by atoms with Crippen LogP contribution >= 0.6 is 11.3 Å². The van der Waals surface area contributed by atoms with E-state index in [9.17, 15) is 14.3 Å². The predicted molar refractivity (Wildman–Crippen MR) is 144 cm³/mol. The van der Waals surface area contributed by atoms with E-state index in [-0.39, 0.29) is 17.3 Å². The second kappa shape index (κ2) is 10.0. The van der Waals surface area contributed by atoms with Crippen LogP contribution in [0.25, 0.3) is 21.2 Å². The molecule has 5 rings (SSSR count). The van der Waals surface area contributed by atoms with E-state index in [1.54, 1.807) is 26.0 Å². The Labute approximate surface area is 215 Å². The van der Waals surface area contributed by atoms with Gasteiger partial charge in [-0.15, -0.1) is 11.3 Å². The quantitative estimate of drug-likeness (QED) is 0.276. The highest BCUT2D eigenvalue weighted by Crippen LogP contribution is 2.42. The van der Waals surface area contributed by atoms with Gasteiger partial charge in [0.2, 0.25) is 5.78 Å². The number of carbonyl (C=O) groups excluding carboxylic acids is 1. The first-order chi connectivity index (χ1) is 17.3. The van der Waals surface area contributed by atoms with Crippen molar-refractivity contribution in [3.8, 4) is 22.6 Å². The van der Waals surface area contributed by atoms with E-state index in [1.807, 2.05) is 30.3 Å². The van der Waals surface area contributed by atoms with E-state index >= 15 is 0 Å². The fourth-order valence-electron chi connectivity index (χ4n) is 5.15. The van der Waals surface area contributed by atoms with Gasteiger partial charge in [0.15, 0.2) is 0 Å². The number of ether oxygens (including phenoxy) is 1. The Balaban J connectivity index is 1.46. The molecule has 0 saturated carbocycles. The second-order valence-corrected chi connectivity index (χ2v) is 10.8. The Kier molecular flexibility index (Phi) is 6.82. The molecule has 1 saturated heterocycles. The van der Waals surface area contributed by atoms with Gasteiger partial charge in [-0.2, -0.15) is 0 Å². The Morgan fingerprint density at radius 2 is 1.83 bits per heavy atom. The number of aromatic hydroxyl groups is 1. The molecular weight excluding hydrogens is 473 g/mol. The lowest BCUT2D eigenvalue weighted by molar-refractivity contribution is 0.104. The molecular formula is C30H30FNO3S. The number of rotatable bonds is 7. The van der Waals surface area contributed by atoms with Gasteiger partial charge in [-0.25, -0.2) is 4.39 Å². The van der Waals surface area contributed by atoms with Crippen molar-refractivity contribution in [2.24, 2.45) is 5.92 Å². The van der Waals surface area contributed by atoms with Crippen LogP contribution in [0, 0.1) is 25.6 Å². The maximum Gasteiger partial charge on any atom is 0.204 e. The molecule has 0 unspecified atom stereocenters. The smallest absolute Gasteiger partial charge is 0.204 e. The zero-order valence-corrected chi connectivity index (χ0v) is 21.6. The Hall–Kier alpha value is -3.22. The fraction of sp³-hybridized carbons (Fsp3) is 0.300. The van der Waals surface area contributed by atoms with Gasteiger partial charge < -0.3 is 9.84 Å². The third-order valence-corrected chi connectivity index (χ3v) is 8.08. The lowest BCUT2D eigenvalue weighted by Gasteiger charge is -2.15. The molecule has 4 aromatic rings. The number of fused-ring (bicyclic) bond motifs is 1. The van der Waals surface area contributed by atoms with Crippen LogP contribution in [0.5, 0.6) is 11.5 Å². The molecule has 0 amide bonds. The molecule has 0 bridgehead atoms. The lowest BCUT2D eigenvalue weighted by atomic mass is 9.94. The zero-order chi connectivity index (χ0) is 25.4. The highest BCUT2D eigenvalue weighted by atomic mass is 32.1. The van der Waals surface area contributed by atoms with E-state index in [0.717, 1.165) is 52.5 Å². The van der Waals surface area contributed by atoms with Crippen molar-refractivity contribution in [1.29, 1.82) is 0 Å². The number of hydrogen-bond donors (Lipinski definition) is 1. The molecule has 0 spiro atoms. The molecule has 186 valence electrons. The van der Waals surface area contributed by atoms with Crippen molar-refractivity contribution >= 4 is 27.2 Å². The molecule has 1 aliphatic heterocycles. The van der Waals surface area contributed by atoms with Gasteiger partial charge in [0.25, 0.3) is 0 Å². The van der Waals surface area contributed by atoms with Crippen LogP contribution in [0.2, 0.25) is 0 Å². The van der Waals surface area contributed by atoms with Gasteiger partial charge in [-0.1, -0.05) is 19.1 Å². The summed E-state index contributed by atoms with van der Waals surface area (Å²) in [6.07, 6.45) is 1.25. The summed E-state index contributed by atoms with van der Waals surface area (Å²) in [7, 11) is 0. The number of phenolic OH excluding ortho intramolecular Hbond substituents is 1. The standard InChI is InChI=1S/C30H30FNO3S/c1-18-10-11-32(17-18)12-13-35-24-7-4-21(5-8-24)28-25-9-6-23(33)16-26(25)36-30(28)29(34)27-19(2)14-22(31)15-20(27)3/h4-9,14-16,18,33H,10-13,17H2,1-3H3/t18-/m1/s1. The third-order valence-electron chi connectivity index (χ3n) is 6.93. The molecule has 4 nitrogen and oxygen atoms in total. The van der Waals surface area contributed by atoms with Crippen LogP contribution in [0.1, 0.15) is 39.7 Å². The summed E-state index contributed by atoms with van der Waals surface area (Å²) in [6, 6.07) is 15.8. The summed E-state index contributed by atoms with van der Waals surface area (Å²) in [5.74, 6) is 1.21. The summed E-state index contributed by atoms with van der Waals surface area (Å²) in [5.41, 5.74) is 3.46. The summed E-state index contributed by atoms with van der Waals surface area (Å²) in [5, 5.41) is 10.9. The maximum absolute atomic E-state index is 13.9. The maximum atomic E-state index is 13.9. The largest absolute Gasteiger partial charge is 0.508 e. The molecule has 0 radical (unpaired) electrons. The monoisotopic (exact) mass is 503 g/mol. The van der Waals surface area contributed by atoms with Crippen molar-refractivity contribution in [2.45, 2.75) is 27.2 Å². The molecule has 1 aromatic heterocycles. The van der Waals surface area contributed by atoms with Gasteiger partial charge in [0.05, 0.1) is 4.88 Å². The first kappa shape index (κ1) is 24.5. The van der Waals surface area contributed by atoms with Crippen molar-refractivity contribution in [1.82, 2.24) is 4.90 Å². The van der Waals surface area contributed by atoms with E-state index in [2.05, 4.69) is 11.8 Å². The average Bonchev–Trinajstić information content (AvgIpc) is 3.41. The SMILES string of the molecule is Cc1cc(F)cc(C)c1C(=O)c1sc2cc(O)ccc2c1-c1ccc(OCCN2CC[C@@H](C)C2)cc1. The Morgan fingerprint density at radius 1 is 1.11 bits per heavy atom. The van der Waals surface area contributed by atoms with Crippen LogP contribution in [0.3, 0.4) is 0 Å². The zero-order valence-electron chi connectivity index (χ0n) is 20.8. The van der Waals surface area contributed by atoms with Gasteiger partial charge in [0, 0.05) is 34.3 Å². The number of benzene rings is 3. The molecule has 3 aromatic carbocycles. The molecule has 1 fully saturated rings. The second-order valence-electron chi connectivity index (χ2n) is 9.80. The Morgan fingerprint density at radius 3 is 2.50 bits per heavy atom. The lowest BCUT2D eigenvalue weighted by Crippen LogP contribution is -2.25. The molecule has 36 heavy (non-hydrogen) atoms. The summed E-state index contributed by atoms with van der Waals surface area (Å²) in [4.78, 5) is 16.8. The van der Waals surface area contributed by atoms with Crippen LogP contribution in [-0.2, 0) is 0 Å². The minimum absolute atomic E-state index is 0.138. The van der Waals surface area contributed by atoms with Crippen molar-refractivity contribution in [3.05, 3.63) is 82.0 Å². The third kappa shape index (κ3) is 4.88. The van der Waals surface area contributed by atoms with Crippen molar-refractivity contribution in [2.75, 3.05) is 26.2 Å². The highest BCUT2D eigenvalue weighted by molar-refractivity contribution is 7.21. The predicted octanol–water partition coefficient (Wildman–Crippen LogP) is 6.98. The molecule has 1 N–H and O–H groups in total. The summed E-state index contributed by atoms with van der Waals surface area (Å²) < 4.78 is 20.7. The van der Waals surface area contributed by atoms with Gasteiger partial charge >= 0.3 is 0 Å². The van der Waals surface area contributed by atoms with E-state index in [0.29, 0.717) is 28.2 Å². The van der Waals surface area contributed by atoms with E-state index in [4.69, 9.17) is 4.74 Å². The van der Waals surface area contributed by atoms with Crippen molar-refractivity contribution < 1.29 is 19.0 Å². The Bertz CT molecular complexity index is 1400. The molecule has 2 heterocycles. The molecule has 1 aliphatic rings. The normalized spacial score (nSPS) is 16.1. The summed E-state index contributed by atoms with van der Waals surface area (Å²) in [6.45, 7) is 9.63. The van der Waals surface area contributed by atoms with Crippen molar-refractivity contribution in [3.63, 3.8) is 0 Å². The minimum Gasteiger partial charge on any atom is -0.508 e. The number of halogens is 1. The molecule has 1 atom stereocenters. The van der Waals surface area contributed by atoms with Crippen LogP contribution in [0.15, 0.2) is 54.6 Å². The number of likely N-dealkylation sites (tertiary alicyclic amines) is 1. The fourth-order valence-corrected chi connectivity index (χ4v) is 6.36. The number of nitrogens with zero attached hydrogens (tertiary/aromatic N) is 1. The van der Waals surface area contributed by atoms with E-state index in [1.165, 1.54) is 29.9 Å². The topological polar surface area (TPSA) is 49.8 Å². The minimum atomic E-state index is -0.349. The number of aryl methyl sites for hydroxylation is 2. The van der Waals surface area contributed by atoms with Gasteiger partial charge in [-0.05, 0) is 91.9 Å². The molecule has 0 aliphatic carbocycles. The number of phenols is 1. The number of thiophene rings is 1. The first-order valence-electron chi connectivity index (χ1n) is 12.3. The van der Waals surface area contributed by atoms with Gasteiger partial charge in [0.1, 0.15) is 23.9 Å². The number of ketones is 1. The average molecular weight is 504 g/mol. The van der Waals surface area contributed by atoms with Crippen LogP contribution in [0.4, 0.5) is 4.39 Å². The first-order valence-corrected chi connectivity index (χ1v) is 13.1. The van der Waals surface area contributed by atoms with Crippen LogP contribution in [-0.4, -0.2) is 42.0 Å². The number of carbonyl (C=O) groups is 1. The molecule has 6 heteroatoms. The number of hydrogen-bond acceptors (Lipinski definition) is 5. The highest BCUT2D eigenvalue weighted by Gasteiger charge is 2.24. The summed E-state index contributed by atoms with van der Waals surface area (Å²) >= 11 is 1.35.